The van der Waals surface area contributed by atoms with Gasteiger partial charge in [0.25, 0.3) is 5.91 Å². The van der Waals surface area contributed by atoms with Crippen LogP contribution < -0.4 is 15.0 Å². The van der Waals surface area contributed by atoms with E-state index in [1.807, 2.05) is 24.3 Å². The second-order valence-corrected chi connectivity index (χ2v) is 6.96. The van der Waals surface area contributed by atoms with E-state index in [2.05, 4.69) is 34.3 Å². The molecular formula is C22H29N3O3. The first kappa shape index (κ1) is 20.1. The lowest BCUT2D eigenvalue weighted by atomic mass is 10.1. The lowest BCUT2D eigenvalue weighted by Gasteiger charge is -2.33. The molecule has 150 valence electrons. The minimum Gasteiger partial charge on any atom is -0.497 e. The molecule has 1 aliphatic heterocycles. The summed E-state index contributed by atoms with van der Waals surface area (Å²) >= 11 is 0. The molecule has 0 saturated carbocycles. The molecule has 6 heteroatoms. The molecule has 3 rings (SSSR count). The molecule has 1 atom stereocenters. The van der Waals surface area contributed by atoms with Crippen LogP contribution in [0.4, 0.5) is 5.82 Å². The topological polar surface area (TPSA) is 63.7 Å². The minimum absolute atomic E-state index is 0.0813. The van der Waals surface area contributed by atoms with Crippen LogP contribution in [0.2, 0.25) is 0 Å². The smallest absolute Gasteiger partial charge is 0.252 e. The molecular weight excluding hydrogens is 354 g/mol. The molecule has 1 N–H and O–H groups in total. The number of nitrogens with zero attached hydrogens (tertiary/aromatic N) is 2. The summed E-state index contributed by atoms with van der Waals surface area (Å²) in [5.41, 5.74) is 1.82. The zero-order valence-corrected chi connectivity index (χ0v) is 16.7. The number of anilines is 1. The van der Waals surface area contributed by atoms with Crippen molar-refractivity contribution in [3.8, 4) is 5.75 Å². The van der Waals surface area contributed by atoms with Gasteiger partial charge in [-0.3, -0.25) is 4.79 Å². The second-order valence-electron chi connectivity index (χ2n) is 6.96. The van der Waals surface area contributed by atoms with E-state index >= 15 is 0 Å². The molecule has 6 nitrogen and oxygen atoms in total. The number of pyridine rings is 1. The number of carbonyl (C=O) groups is 1. The number of nitrogens with one attached hydrogen (secondary N) is 1. The predicted octanol–water partition coefficient (Wildman–Crippen LogP) is 3.07. The largest absolute Gasteiger partial charge is 0.497 e. The van der Waals surface area contributed by atoms with Crippen molar-refractivity contribution >= 4 is 11.7 Å². The Hall–Kier alpha value is -2.60. The molecule has 1 aliphatic rings. The first-order valence-electron chi connectivity index (χ1n) is 9.93. The van der Waals surface area contributed by atoms with Gasteiger partial charge in [-0.15, -0.1) is 0 Å². The van der Waals surface area contributed by atoms with E-state index in [0.29, 0.717) is 12.1 Å². The number of morpholine rings is 1. The number of carbonyl (C=O) groups excluding carboxylic acids is 1. The van der Waals surface area contributed by atoms with Gasteiger partial charge >= 0.3 is 0 Å². The summed E-state index contributed by atoms with van der Waals surface area (Å²) in [6.07, 6.45) is 4.70. The Morgan fingerprint density at radius 2 is 2.11 bits per heavy atom. The van der Waals surface area contributed by atoms with Gasteiger partial charge in [0, 0.05) is 25.8 Å². The SMILES string of the molecule is CC[C@@H]1CN(c2ccc(C(=O)NCCCc3ccc(OC)cc3)cn2)CCO1. The molecule has 2 heterocycles. The van der Waals surface area contributed by atoms with Crippen LogP contribution in [0, 0.1) is 0 Å². The predicted molar refractivity (Wildman–Crippen MR) is 110 cm³/mol. The van der Waals surface area contributed by atoms with Crippen molar-refractivity contribution in [2.45, 2.75) is 32.3 Å². The summed E-state index contributed by atoms with van der Waals surface area (Å²) in [6.45, 7) is 5.16. The maximum absolute atomic E-state index is 12.3. The number of rotatable bonds is 8. The molecule has 0 unspecified atom stereocenters. The monoisotopic (exact) mass is 383 g/mol. The van der Waals surface area contributed by atoms with Crippen LogP contribution in [0.15, 0.2) is 42.6 Å². The highest BCUT2D eigenvalue weighted by atomic mass is 16.5. The average Bonchev–Trinajstić information content (AvgIpc) is 2.77. The summed E-state index contributed by atoms with van der Waals surface area (Å²) in [4.78, 5) is 19.0. The summed E-state index contributed by atoms with van der Waals surface area (Å²) in [7, 11) is 1.66. The molecule has 0 aliphatic carbocycles. The second kappa shape index (κ2) is 10.1. The average molecular weight is 383 g/mol. The van der Waals surface area contributed by atoms with E-state index in [0.717, 1.165) is 50.5 Å². The Bertz CT molecular complexity index is 747. The highest BCUT2D eigenvalue weighted by molar-refractivity contribution is 5.94. The van der Waals surface area contributed by atoms with E-state index in [9.17, 15) is 4.79 Å². The van der Waals surface area contributed by atoms with E-state index in [4.69, 9.17) is 9.47 Å². The summed E-state index contributed by atoms with van der Waals surface area (Å²) in [5.74, 6) is 1.68. The number of methoxy groups -OCH3 is 1. The van der Waals surface area contributed by atoms with E-state index in [1.54, 1.807) is 13.3 Å². The molecule has 28 heavy (non-hydrogen) atoms. The normalized spacial score (nSPS) is 16.6. The fraction of sp³-hybridized carbons (Fsp3) is 0.455. The number of aromatic nitrogens is 1. The summed E-state index contributed by atoms with van der Waals surface area (Å²) in [6, 6.07) is 11.8. The summed E-state index contributed by atoms with van der Waals surface area (Å²) in [5, 5.41) is 2.97. The highest BCUT2D eigenvalue weighted by Gasteiger charge is 2.20. The third kappa shape index (κ3) is 5.45. The standard InChI is InChI=1S/C22H29N3O3/c1-3-19-16-25(13-14-28-19)21-11-8-18(15-24-21)22(26)23-12-4-5-17-6-9-20(27-2)10-7-17/h6-11,15,19H,3-5,12-14,16H2,1-2H3,(H,23,26)/t19-/m1/s1. The molecule has 0 radical (unpaired) electrons. The lowest BCUT2D eigenvalue weighted by molar-refractivity contribution is 0.0381. The minimum atomic E-state index is -0.0813. The van der Waals surface area contributed by atoms with Gasteiger partial charge in [0.05, 0.1) is 25.4 Å². The third-order valence-electron chi connectivity index (χ3n) is 5.02. The number of amides is 1. The van der Waals surface area contributed by atoms with E-state index in [-0.39, 0.29) is 12.0 Å². The number of ether oxygens (including phenoxy) is 2. The van der Waals surface area contributed by atoms with Crippen molar-refractivity contribution in [2.75, 3.05) is 38.3 Å². The van der Waals surface area contributed by atoms with Gasteiger partial charge in [-0.1, -0.05) is 19.1 Å². The maximum atomic E-state index is 12.3. The van der Waals surface area contributed by atoms with Crippen molar-refractivity contribution in [1.29, 1.82) is 0 Å². The number of benzene rings is 1. The Labute approximate surface area is 166 Å². The van der Waals surface area contributed by atoms with Gasteiger partial charge in [-0.25, -0.2) is 4.98 Å². The van der Waals surface area contributed by atoms with Crippen LogP contribution in [0.25, 0.3) is 0 Å². The fourth-order valence-electron chi connectivity index (χ4n) is 3.27. The summed E-state index contributed by atoms with van der Waals surface area (Å²) < 4.78 is 10.9. The Kier molecular flexibility index (Phi) is 7.25. The van der Waals surface area contributed by atoms with Gasteiger partial charge in [-0.05, 0) is 49.1 Å². The van der Waals surface area contributed by atoms with Crippen molar-refractivity contribution in [2.24, 2.45) is 0 Å². The van der Waals surface area contributed by atoms with Crippen molar-refractivity contribution in [3.63, 3.8) is 0 Å². The molecule has 1 aromatic heterocycles. The zero-order valence-electron chi connectivity index (χ0n) is 16.7. The maximum Gasteiger partial charge on any atom is 0.252 e. The Morgan fingerprint density at radius 3 is 2.79 bits per heavy atom. The first-order chi connectivity index (χ1) is 13.7. The highest BCUT2D eigenvalue weighted by Crippen LogP contribution is 2.17. The molecule has 1 aromatic carbocycles. The Balaban J connectivity index is 1.44. The first-order valence-corrected chi connectivity index (χ1v) is 9.93. The lowest BCUT2D eigenvalue weighted by Crippen LogP contribution is -2.42. The number of aryl methyl sites for hydroxylation is 1. The quantitative estimate of drug-likeness (QED) is 0.710. The van der Waals surface area contributed by atoms with Crippen LogP contribution in [0.5, 0.6) is 5.75 Å². The Morgan fingerprint density at radius 1 is 1.29 bits per heavy atom. The van der Waals surface area contributed by atoms with Gasteiger partial charge < -0.3 is 19.7 Å². The van der Waals surface area contributed by atoms with Crippen LogP contribution in [0.1, 0.15) is 35.7 Å². The van der Waals surface area contributed by atoms with Crippen molar-refractivity contribution < 1.29 is 14.3 Å². The van der Waals surface area contributed by atoms with E-state index < -0.39 is 0 Å². The molecule has 2 aromatic rings. The zero-order chi connectivity index (χ0) is 19.8. The van der Waals surface area contributed by atoms with Crippen LogP contribution in [-0.2, 0) is 11.2 Å². The van der Waals surface area contributed by atoms with Gasteiger partial charge in [0.1, 0.15) is 11.6 Å². The molecule has 0 spiro atoms. The van der Waals surface area contributed by atoms with Crippen LogP contribution in [-0.4, -0.2) is 50.3 Å². The number of hydrogen-bond donors (Lipinski definition) is 1. The molecule has 1 amide bonds. The van der Waals surface area contributed by atoms with Crippen LogP contribution in [0.3, 0.4) is 0 Å². The molecule has 1 fully saturated rings. The van der Waals surface area contributed by atoms with Gasteiger partial charge in [0.2, 0.25) is 0 Å². The molecule has 0 bridgehead atoms. The van der Waals surface area contributed by atoms with Crippen molar-refractivity contribution in [1.82, 2.24) is 10.3 Å². The fourth-order valence-corrected chi connectivity index (χ4v) is 3.27. The van der Waals surface area contributed by atoms with Crippen LogP contribution >= 0.6 is 0 Å². The van der Waals surface area contributed by atoms with Gasteiger partial charge in [0.15, 0.2) is 0 Å². The molecule has 1 saturated heterocycles. The third-order valence-corrected chi connectivity index (χ3v) is 5.02. The van der Waals surface area contributed by atoms with Crippen molar-refractivity contribution in [3.05, 3.63) is 53.7 Å². The number of hydrogen-bond acceptors (Lipinski definition) is 5. The van der Waals surface area contributed by atoms with Gasteiger partial charge in [-0.2, -0.15) is 0 Å². The van der Waals surface area contributed by atoms with E-state index in [1.165, 1.54) is 5.56 Å².